The maximum Gasteiger partial charge on any atom is 0.509 e. The number of carbonyl (C=O) groups excluding carboxylic acids is 1. The van der Waals surface area contributed by atoms with E-state index >= 15 is 0 Å². The Bertz CT molecular complexity index is 330. The summed E-state index contributed by atoms with van der Waals surface area (Å²) in [6.07, 6.45) is 7.02. The molecule has 0 spiro atoms. The number of carbonyl (C=O) groups is 1. The van der Waals surface area contributed by atoms with E-state index in [4.69, 9.17) is 14.2 Å². The predicted molar refractivity (Wildman–Crippen MR) is 78.7 cm³/mol. The molecule has 20 heavy (non-hydrogen) atoms. The molecule has 0 aromatic carbocycles. The Balaban J connectivity index is 2.58. The molecule has 0 saturated carbocycles. The minimum absolute atomic E-state index is 0.0287. The first kappa shape index (κ1) is 17.0. The molecule has 1 heterocycles. The summed E-state index contributed by atoms with van der Waals surface area (Å²) in [6, 6.07) is 0. The third-order valence-electron chi connectivity index (χ3n) is 3.09. The number of allylic oxidation sites excluding steroid dienone is 1. The summed E-state index contributed by atoms with van der Waals surface area (Å²) in [6.45, 7) is 9.61. The Morgan fingerprint density at radius 2 is 2.05 bits per heavy atom. The van der Waals surface area contributed by atoms with Gasteiger partial charge in [-0.3, -0.25) is 0 Å². The smallest absolute Gasteiger partial charge is 0.429 e. The molecular formula is C16H28O4. The van der Waals surface area contributed by atoms with Crippen LogP contribution in [0.1, 0.15) is 60.3 Å². The van der Waals surface area contributed by atoms with Crippen LogP contribution < -0.4 is 0 Å². The molecule has 1 fully saturated rings. The molecule has 3 atom stereocenters. The van der Waals surface area contributed by atoms with Gasteiger partial charge in [0.1, 0.15) is 11.7 Å². The third kappa shape index (κ3) is 6.42. The van der Waals surface area contributed by atoms with Crippen LogP contribution in [-0.4, -0.2) is 30.1 Å². The van der Waals surface area contributed by atoms with Gasteiger partial charge in [-0.25, -0.2) is 4.79 Å². The van der Waals surface area contributed by atoms with Crippen molar-refractivity contribution in [1.82, 2.24) is 0 Å². The van der Waals surface area contributed by atoms with Crippen LogP contribution in [0.2, 0.25) is 0 Å². The minimum Gasteiger partial charge on any atom is -0.429 e. The van der Waals surface area contributed by atoms with Crippen LogP contribution in [0.4, 0.5) is 4.79 Å². The number of ether oxygens (including phenoxy) is 3. The van der Waals surface area contributed by atoms with Crippen molar-refractivity contribution in [3.8, 4) is 0 Å². The fourth-order valence-electron chi connectivity index (χ4n) is 2.18. The summed E-state index contributed by atoms with van der Waals surface area (Å²) in [5.41, 5.74) is -0.537. The lowest BCUT2D eigenvalue weighted by Crippen LogP contribution is -2.34. The number of hydrogen-bond donors (Lipinski definition) is 0. The van der Waals surface area contributed by atoms with Gasteiger partial charge in [-0.1, -0.05) is 19.1 Å². The van der Waals surface area contributed by atoms with E-state index in [1.807, 2.05) is 33.8 Å². The van der Waals surface area contributed by atoms with Gasteiger partial charge in [0.25, 0.3) is 0 Å². The number of rotatable bonds is 5. The van der Waals surface area contributed by atoms with E-state index in [1.165, 1.54) is 0 Å². The highest BCUT2D eigenvalue weighted by atomic mass is 16.7. The van der Waals surface area contributed by atoms with Crippen molar-refractivity contribution in [2.75, 3.05) is 0 Å². The molecular weight excluding hydrogens is 256 g/mol. The lowest BCUT2D eigenvalue weighted by atomic mass is 10.1. The Morgan fingerprint density at radius 3 is 2.55 bits per heavy atom. The van der Waals surface area contributed by atoms with Gasteiger partial charge in [-0.15, -0.1) is 0 Å². The Hall–Kier alpha value is -1.03. The van der Waals surface area contributed by atoms with Crippen molar-refractivity contribution in [1.29, 1.82) is 0 Å². The third-order valence-corrected chi connectivity index (χ3v) is 3.09. The molecule has 4 nitrogen and oxygen atoms in total. The fourth-order valence-corrected chi connectivity index (χ4v) is 2.18. The van der Waals surface area contributed by atoms with E-state index < -0.39 is 11.8 Å². The van der Waals surface area contributed by atoms with E-state index in [0.717, 1.165) is 19.3 Å². The molecule has 1 aliphatic rings. The van der Waals surface area contributed by atoms with Gasteiger partial charge in [0, 0.05) is 6.42 Å². The highest BCUT2D eigenvalue weighted by Gasteiger charge is 2.32. The van der Waals surface area contributed by atoms with Crippen LogP contribution in [0.15, 0.2) is 12.2 Å². The second-order valence-electron chi connectivity index (χ2n) is 6.30. The maximum absolute atomic E-state index is 11.8. The van der Waals surface area contributed by atoms with Gasteiger partial charge in [-0.2, -0.15) is 0 Å². The lowest BCUT2D eigenvalue weighted by Gasteiger charge is -2.25. The molecule has 1 saturated heterocycles. The quantitative estimate of drug-likeness (QED) is 0.560. The minimum atomic E-state index is -0.615. The average Bonchev–Trinajstić information content (AvgIpc) is 2.72. The van der Waals surface area contributed by atoms with Crippen molar-refractivity contribution in [2.24, 2.45) is 0 Å². The van der Waals surface area contributed by atoms with Gasteiger partial charge in [0.05, 0.1) is 12.2 Å². The van der Waals surface area contributed by atoms with Gasteiger partial charge >= 0.3 is 6.16 Å². The van der Waals surface area contributed by atoms with E-state index in [0.29, 0.717) is 6.42 Å². The second-order valence-corrected chi connectivity index (χ2v) is 6.30. The highest BCUT2D eigenvalue weighted by molar-refractivity contribution is 5.60. The van der Waals surface area contributed by atoms with Crippen LogP contribution in [0, 0.1) is 0 Å². The molecule has 0 aromatic heterocycles. The number of hydrogen-bond acceptors (Lipinski definition) is 4. The fraction of sp³-hybridized carbons (Fsp3) is 0.812. The second kappa shape index (κ2) is 7.67. The summed E-state index contributed by atoms with van der Waals surface area (Å²) in [4.78, 5) is 11.8. The SMILES string of the molecule is CC/C=C/C[C@@H](OC(=O)OC(C)(C)C)[C@@H]1CC[C@H](C)O1. The summed E-state index contributed by atoms with van der Waals surface area (Å²) in [5.74, 6) is 0. The zero-order chi connectivity index (χ0) is 15.2. The van der Waals surface area contributed by atoms with E-state index in [9.17, 15) is 4.79 Å². The van der Waals surface area contributed by atoms with Crippen molar-refractivity contribution in [2.45, 2.75) is 84.2 Å². The topological polar surface area (TPSA) is 44.8 Å². The molecule has 0 unspecified atom stereocenters. The predicted octanol–water partition coefficient (Wildman–Crippen LogP) is 4.23. The van der Waals surface area contributed by atoms with Gasteiger partial charge in [0.15, 0.2) is 0 Å². The van der Waals surface area contributed by atoms with Crippen molar-refractivity contribution in [3.63, 3.8) is 0 Å². The Kier molecular flexibility index (Phi) is 6.53. The average molecular weight is 284 g/mol. The first-order valence-electron chi connectivity index (χ1n) is 7.52. The van der Waals surface area contributed by atoms with E-state index in [2.05, 4.69) is 13.0 Å². The Morgan fingerprint density at radius 1 is 1.35 bits per heavy atom. The van der Waals surface area contributed by atoms with Crippen molar-refractivity contribution < 1.29 is 19.0 Å². The van der Waals surface area contributed by atoms with Gasteiger partial charge in [-0.05, 0) is 47.0 Å². The molecule has 0 N–H and O–H groups in total. The lowest BCUT2D eigenvalue weighted by molar-refractivity contribution is -0.0734. The highest BCUT2D eigenvalue weighted by Crippen LogP contribution is 2.26. The zero-order valence-corrected chi connectivity index (χ0v) is 13.3. The molecule has 0 radical (unpaired) electrons. The van der Waals surface area contributed by atoms with Gasteiger partial charge in [0.2, 0.25) is 0 Å². The summed E-state index contributed by atoms with van der Waals surface area (Å²) < 4.78 is 16.5. The van der Waals surface area contributed by atoms with Crippen LogP contribution >= 0.6 is 0 Å². The largest absolute Gasteiger partial charge is 0.509 e. The molecule has 0 amide bonds. The molecule has 1 rings (SSSR count). The van der Waals surface area contributed by atoms with Crippen LogP contribution in [0.5, 0.6) is 0 Å². The van der Waals surface area contributed by atoms with Crippen molar-refractivity contribution in [3.05, 3.63) is 12.2 Å². The molecule has 0 aromatic rings. The normalized spacial score (nSPS) is 24.9. The maximum atomic E-state index is 11.8. The first-order chi connectivity index (χ1) is 9.31. The molecule has 0 aliphatic carbocycles. The monoisotopic (exact) mass is 284 g/mol. The molecule has 4 heteroatoms. The van der Waals surface area contributed by atoms with Gasteiger partial charge < -0.3 is 14.2 Å². The summed E-state index contributed by atoms with van der Waals surface area (Å²) >= 11 is 0. The van der Waals surface area contributed by atoms with E-state index in [-0.39, 0.29) is 18.3 Å². The first-order valence-corrected chi connectivity index (χ1v) is 7.52. The standard InChI is InChI=1S/C16H28O4/c1-6-7-8-9-13(14-11-10-12(2)18-14)19-15(17)20-16(3,4)5/h7-8,12-14H,6,9-11H2,1-5H3/b8-7+/t12-,13+,14-/m0/s1. The Labute approximate surface area is 122 Å². The molecule has 116 valence electrons. The van der Waals surface area contributed by atoms with E-state index in [1.54, 1.807) is 0 Å². The van der Waals surface area contributed by atoms with Crippen molar-refractivity contribution >= 4 is 6.16 Å². The van der Waals surface area contributed by atoms with Crippen LogP contribution in [-0.2, 0) is 14.2 Å². The van der Waals surface area contributed by atoms with Crippen LogP contribution in [0.25, 0.3) is 0 Å². The molecule has 1 aliphatic heterocycles. The zero-order valence-electron chi connectivity index (χ0n) is 13.3. The molecule has 0 bridgehead atoms. The summed E-state index contributed by atoms with van der Waals surface area (Å²) in [5, 5.41) is 0. The van der Waals surface area contributed by atoms with Crippen LogP contribution in [0.3, 0.4) is 0 Å². The summed E-state index contributed by atoms with van der Waals surface area (Å²) in [7, 11) is 0.